The number of hydrogen-bond donors (Lipinski definition) is 2. The maximum absolute atomic E-state index is 14.6. The summed E-state index contributed by atoms with van der Waals surface area (Å²) in [5.74, 6) is -3.10. The van der Waals surface area contributed by atoms with Crippen molar-refractivity contribution in [3.05, 3.63) is 28.9 Å². The average Bonchev–Trinajstić information content (AvgIpc) is 2.99. The van der Waals surface area contributed by atoms with Crippen LogP contribution in [0.25, 0.3) is 0 Å². The summed E-state index contributed by atoms with van der Waals surface area (Å²) in [4.78, 5) is 19.3. The van der Waals surface area contributed by atoms with Crippen molar-refractivity contribution >= 4 is 34.2 Å². The van der Waals surface area contributed by atoms with Crippen LogP contribution in [0.5, 0.6) is 0 Å². The van der Waals surface area contributed by atoms with Crippen molar-refractivity contribution in [2.75, 3.05) is 35.7 Å². The zero-order chi connectivity index (χ0) is 22.5. The molecule has 2 aliphatic heterocycles. The first kappa shape index (κ1) is 21.8. The SMILES string of the molecule is O=[S@]1CC(F)(F)c2nc(C3CCN(c4ncc(Cl)cn4)CC3)nc(NC3(CO)CCC3)c21. The van der Waals surface area contributed by atoms with E-state index < -0.39 is 33.7 Å². The molecule has 2 aromatic heterocycles. The van der Waals surface area contributed by atoms with Crippen LogP contribution in [0.15, 0.2) is 17.3 Å². The van der Waals surface area contributed by atoms with Gasteiger partial charge in [0.25, 0.3) is 0 Å². The molecule has 5 rings (SSSR count). The van der Waals surface area contributed by atoms with Gasteiger partial charge in [-0.15, -0.1) is 0 Å². The molecular formula is C20H23ClF2N6O2S. The maximum atomic E-state index is 14.6. The first-order chi connectivity index (χ1) is 15.3. The van der Waals surface area contributed by atoms with Crippen LogP contribution >= 0.6 is 11.6 Å². The average molecular weight is 485 g/mol. The highest BCUT2D eigenvalue weighted by Crippen LogP contribution is 2.45. The lowest BCUT2D eigenvalue weighted by atomic mass is 9.77. The number of hydrogen-bond acceptors (Lipinski definition) is 8. The van der Waals surface area contributed by atoms with Crippen molar-refractivity contribution in [3.63, 3.8) is 0 Å². The Morgan fingerprint density at radius 3 is 2.50 bits per heavy atom. The summed E-state index contributed by atoms with van der Waals surface area (Å²) in [6, 6.07) is 0. The zero-order valence-corrected chi connectivity index (χ0v) is 18.8. The first-order valence-corrected chi connectivity index (χ1v) is 12.3. The summed E-state index contributed by atoms with van der Waals surface area (Å²) in [6.45, 7) is 1.11. The molecule has 0 radical (unpaired) electrons. The molecule has 172 valence electrons. The largest absolute Gasteiger partial charge is 0.394 e. The molecule has 0 spiro atoms. The highest BCUT2D eigenvalue weighted by Gasteiger charge is 2.49. The second kappa shape index (κ2) is 8.11. The molecule has 1 saturated carbocycles. The number of halogens is 3. The predicted octanol–water partition coefficient (Wildman–Crippen LogP) is 2.84. The van der Waals surface area contributed by atoms with Crippen molar-refractivity contribution in [1.29, 1.82) is 0 Å². The maximum Gasteiger partial charge on any atom is 0.302 e. The van der Waals surface area contributed by atoms with Crippen LogP contribution in [-0.2, 0) is 16.7 Å². The van der Waals surface area contributed by atoms with Crippen LogP contribution in [0.2, 0.25) is 5.02 Å². The van der Waals surface area contributed by atoms with E-state index in [1.165, 1.54) is 12.4 Å². The summed E-state index contributed by atoms with van der Waals surface area (Å²) >= 11 is 5.85. The molecule has 0 amide bonds. The van der Waals surface area contributed by atoms with E-state index in [1.54, 1.807) is 0 Å². The van der Waals surface area contributed by atoms with Crippen molar-refractivity contribution in [2.24, 2.45) is 0 Å². The molecule has 2 fully saturated rings. The summed E-state index contributed by atoms with van der Waals surface area (Å²) in [6.07, 6.45) is 6.71. The molecule has 0 unspecified atom stereocenters. The second-order valence-electron chi connectivity index (χ2n) is 8.68. The van der Waals surface area contributed by atoms with Gasteiger partial charge in [-0.25, -0.2) is 19.9 Å². The Labute approximate surface area is 191 Å². The number of aliphatic hydroxyl groups is 1. The van der Waals surface area contributed by atoms with Gasteiger partial charge in [0, 0.05) is 19.0 Å². The highest BCUT2D eigenvalue weighted by atomic mass is 35.5. The minimum absolute atomic E-state index is 0.0227. The van der Waals surface area contributed by atoms with Gasteiger partial charge in [-0.1, -0.05) is 11.6 Å². The third-order valence-corrected chi connectivity index (χ3v) is 8.18. The Morgan fingerprint density at radius 2 is 1.91 bits per heavy atom. The second-order valence-corrected chi connectivity index (χ2v) is 10.5. The van der Waals surface area contributed by atoms with Crippen LogP contribution < -0.4 is 10.2 Å². The van der Waals surface area contributed by atoms with E-state index in [4.69, 9.17) is 11.6 Å². The highest BCUT2D eigenvalue weighted by molar-refractivity contribution is 7.85. The fourth-order valence-electron chi connectivity index (χ4n) is 4.49. The predicted molar refractivity (Wildman–Crippen MR) is 116 cm³/mol. The molecule has 32 heavy (non-hydrogen) atoms. The summed E-state index contributed by atoms with van der Waals surface area (Å²) in [5.41, 5.74) is -1.05. The Balaban J connectivity index is 1.43. The molecule has 4 heterocycles. The standard InChI is InChI=1S/C20H23ClF2N6O2S/c21-13-8-24-18(25-9-13)29-6-2-12(3-7-29)16-26-15-14(32(31)11-20(15,22)23)17(27-16)28-19(10-30)4-1-5-19/h8-9,12,30H,1-7,10-11H2,(H,26,27,28)/t32-/m0/s1. The molecule has 1 saturated heterocycles. The summed E-state index contributed by atoms with van der Waals surface area (Å²) < 4.78 is 41.8. The minimum atomic E-state index is -3.27. The molecule has 12 heteroatoms. The van der Waals surface area contributed by atoms with Crippen LogP contribution in [-0.4, -0.2) is 60.2 Å². The number of alkyl halides is 2. The Kier molecular flexibility index (Phi) is 5.53. The topological polar surface area (TPSA) is 104 Å². The van der Waals surface area contributed by atoms with Crippen molar-refractivity contribution in [1.82, 2.24) is 19.9 Å². The van der Waals surface area contributed by atoms with Gasteiger partial charge in [-0.05, 0) is 32.1 Å². The van der Waals surface area contributed by atoms with E-state index in [1.807, 2.05) is 4.90 Å². The third kappa shape index (κ3) is 3.84. The van der Waals surface area contributed by atoms with Gasteiger partial charge in [0.15, 0.2) is 0 Å². The van der Waals surface area contributed by atoms with Crippen molar-refractivity contribution < 1.29 is 18.1 Å². The van der Waals surface area contributed by atoms with Crippen LogP contribution in [0, 0.1) is 0 Å². The van der Waals surface area contributed by atoms with Crippen LogP contribution in [0.4, 0.5) is 20.5 Å². The van der Waals surface area contributed by atoms with Gasteiger partial charge in [0.2, 0.25) is 5.95 Å². The van der Waals surface area contributed by atoms with E-state index in [2.05, 4.69) is 25.3 Å². The Bertz CT molecular complexity index is 1040. The van der Waals surface area contributed by atoms with E-state index in [0.717, 1.165) is 6.42 Å². The van der Waals surface area contributed by atoms with E-state index in [9.17, 15) is 18.1 Å². The monoisotopic (exact) mass is 484 g/mol. The number of aromatic nitrogens is 4. The molecule has 1 atom stereocenters. The number of aliphatic hydroxyl groups excluding tert-OH is 1. The normalized spacial score (nSPS) is 24.1. The molecule has 0 bridgehead atoms. The lowest BCUT2D eigenvalue weighted by Gasteiger charge is -2.41. The fourth-order valence-corrected chi connectivity index (χ4v) is 5.92. The Hall–Kier alpha value is -1.98. The molecule has 8 nitrogen and oxygen atoms in total. The van der Waals surface area contributed by atoms with Crippen LogP contribution in [0.3, 0.4) is 0 Å². The minimum Gasteiger partial charge on any atom is -0.394 e. The van der Waals surface area contributed by atoms with Gasteiger partial charge in [-0.2, -0.15) is 8.78 Å². The molecule has 0 aromatic carbocycles. The molecule has 2 aromatic rings. The third-order valence-electron chi connectivity index (χ3n) is 6.52. The Morgan fingerprint density at radius 1 is 1.22 bits per heavy atom. The van der Waals surface area contributed by atoms with E-state index in [0.29, 0.717) is 55.6 Å². The van der Waals surface area contributed by atoms with E-state index >= 15 is 0 Å². The molecule has 3 aliphatic rings. The first-order valence-electron chi connectivity index (χ1n) is 10.6. The van der Waals surface area contributed by atoms with Gasteiger partial charge in [-0.3, -0.25) is 4.21 Å². The van der Waals surface area contributed by atoms with E-state index in [-0.39, 0.29) is 23.2 Å². The van der Waals surface area contributed by atoms with Gasteiger partial charge in [0.1, 0.15) is 22.2 Å². The summed E-state index contributed by atoms with van der Waals surface area (Å²) in [7, 11) is -1.89. The van der Waals surface area contributed by atoms with Gasteiger partial charge < -0.3 is 15.3 Å². The molecular weight excluding hydrogens is 462 g/mol. The quantitative estimate of drug-likeness (QED) is 0.667. The number of rotatable bonds is 5. The molecule has 2 N–H and O–H groups in total. The van der Waals surface area contributed by atoms with Crippen molar-refractivity contribution in [3.8, 4) is 0 Å². The smallest absolute Gasteiger partial charge is 0.302 e. The number of anilines is 2. The molecule has 1 aliphatic carbocycles. The number of nitrogens with zero attached hydrogens (tertiary/aromatic N) is 5. The van der Waals surface area contributed by atoms with Crippen molar-refractivity contribution in [2.45, 2.75) is 54.4 Å². The number of nitrogens with one attached hydrogen (secondary N) is 1. The zero-order valence-electron chi connectivity index (χ0n) is 17.2. The summed E-state index contributed by atoms with van der Waals surface area (Å²) in [5, 5.41) is 13.4. The number of fused-ring (bicyclic) bond motifs is 1. The number of piperidine rings is 1. The van der Waals surface area contributed by atoms with Gasteiger partial charge in [0.05, 0.1) is 46.1 Å². The lowest BCUT2D eigenvalue weighted by Crippen LogP contribution is -2.48. The van der Waals surface area contributed by atoms with Crippen LogP contribution in [0.1, 0.15) is 49.5 Å². The lowest BCUT2D eigenvalue weighted by molar-refractivity contribution is 0.0187. The fraction of sp³-hybridized carbons (Fsp3) is 0.600. The van der Waals surface area contributed by atoms with Gasteiger partial charge >= 0.3 is 5.92 Å².